The number of carbonyl (C=O) groups is 1. The summed E-state index contributed by atoms with van der Waals surface area (Å²) in [7, 11) is 3.14. The first kappa shape index (κ1) is 20.3. The average molecular weight is 427 g/mol. The van der Waals surface area contributed by atoms with Crippen LogP contribution < -0.4 is 4.74 Å². The molecule has 0 amide bonds. The zero-order valence-corrected chi connectivity index (χ0v) is 18.2. The number of fused-ring (bicyclic) bond motifs is 3. The highest BCUT2D eigenvalue weighted by Crippen LogP contribution is 2.42. The van der Waals surface area contributed by atoms with E-state index in [2.05, 4.69) is 46.3 Å². The third-order valence-corrected chi connectivity index (χ3v) is 6.36. The minimum Gasteiger partial charge on any atom is -0.497 e. The van der Waals surface area contributed by atoms with Crippen LogP contribution in [0.15, 0.2) is 78.9 Å². The van der Waals surface area contributed by atoms with Crippen molar-refractivity contribution in [2.75, 3.05) is 14.2 Å². The van der Waals surface area contributed by atoms with Crippen LogP contribution in [0.2, 0.25) is 0 Å². The summed E-state index contributed by atoms with van der Waals surface area (Å²) >= 11 is 0. The second-order valence-electron chi connectivity index (χ2n) is 8.14. The number of rotatable bonds is 5. The summed E-state index contributed by atoms with van der Waals surface area (Å²) < 4.78 is 10.6. The van der Waals surface area contributed by atoms with Gasteiger partial charge in [-0.3, -0.25) is 9.69 Å². The standard InChI is InChI=1S/C27H26N2O3/c1-31-20-14-12-19(13-15-20)26-25-22(21-10-6-7-11-23(21)28-25)16-24(27(30)32-2)29(26)17-18-8-4-3-5-9-18/h3-15,24,26,28H,16-17H2,1-2H3. The van der Waals surface area contributed by atoms with Crippen LogP contribution in [0.5, 0.6) is 5.75 Å². The number of esters is 1. The number of methoxy groups -OCH3 is 2. The number of para-hydroxylation sites is 1. The first-order chi connectivity index (χ1) is 15.7. The Kier molecular flexibility index (Phi) is 5.41. The van der Waals surface area contributed by atoms with E-state index >= 15 is 0 Å². The molecule has 0 saturated carbocycles. The van der Waals surface area contributed by atoms with Crippen LogP contribution in [0.3, 0.4) is 0 Å². The van der Waals surface area contributed by atoms with E-state index in [9.17, 15) is 4.79 Å². The maximum Gasteiger partial charge on any atom is 0.323 e. The fraction of sp³-hybridized carbons (Fsp3) is 0.222. The molecule has 2 atom stereocenters. The maximum absolute atomic E-state index is 13.0. The molecular weight excluding hydrogens is 400 g/mol. The summed E-state index contributed by atoms with van der Waals surface area (Å²) in [5, 5.41) is 1.16. The highest BCUT2D eigenvalue weighted by Gasteiger charge is 2.41. The Hall–Kier alpha value is -3.57. The molecule has 0 fully saturated rings. The molecule has 1 aliphatic rings. The van der Waals surface area contributed by atoms with Gasteiger partial charge in [0.25, 0.3) is 0 Å². The van der Waals surface area contributed by atoms with Gasteiger partial charge in [0, 0.05) is 29.6 Å². The topological polar surface area (TPSA) is 54.6 Å². The molecule has 0 spiro atoms. The van der Waals surface area contributed by atoms with E-state index in [4.69, 9.17) is 9.47 Å². The van der Waals surface area contributed by atoms with Crippen molar-refractivity contribution in [1.29, 1.82) is 0 Å². The van der Waals surface area contributed by atoms with Gasteiger partial charge in [0.2, 0.25) is 0 Å². The van der Waals surface area contributed by atoms with Crippen molar-refractivity contribution in [2.45, 2.75) is 25.0 Å². The van der Waals surface area contributed by atoms with Gasteiger partial charge in [-0.05, 0) is 34.9 Å². The van der Waals surface area contributed by atoms with Gasteiger partial charge >= 0.3 is 5.97 Å². The number of hydrogen-bond acceptors (Lipinski definition) is 4. The van der Waals surface area contributed by atoms with Crippen LogP contribution in [0.4, 0.5) is 0 Å². The third-order valence-electron chi connectivity index (χ3n) is 6.36. The third kappa shape index (κ3) is 3.55. The SMILES string of the molecule is COC(=O)C1Cc2c([nH]c3ccccc23)C(c2ccc(OC)cc2)N1Cc1ccccc1. The number of carbonyl (C=O) groups excluding carboxylic acids is 1. The fourth-order valence-electron chi connectivity index (χ4n) is 4.83. The predicted molar refractivity (Wildman–Crippen MR) is 125 cm³/mol. The molecule has 0 saturated heterocycles. The summed E-state index contributed by atoms with van der Waals surface area (Å²) in [6.07, 6.45) is 0.603. The number of ether oxygens (including phenoxy) is 2. The number of benzene rings is 3. The van der Waals surface area contributed by atoms with Crippen molar-refractivity contribution < 1.29 is 14.3 Å². The second-order valence-corrected chi connectivity index (χ2v) is 8.14. The normalized spacial score (nSPS) is 18.3. The second kappa shape index (κ2) is 8.52. The number of nitrogens with one attached hydrogen (secondary N) is 1. The van der Waals surface area contributed by atoms with Gasteiger partial charge in [-0.1, -0.05) is 60.7 Å². The van der Waals surface area contributed by atoms with Crippen molar-refractivity contribution in [1.82, 2.24) is 9.88 Å². The van der Waals surface area contributed by atoms with E-state index in [1.54, 1.807) is 7.11 Å². The van der Waals surface area contributed by atoms with E-state index in [1.165, 1.54) is 12.7 Å². The van der Waals surface area contributed by atoms with E-state index in [0.717, 1.165) is 33.5 Å². The number of nitrogens with zero attached hydrogens (tertiary/aromatic N) is 1. The molecule has 5 rings (SSSR count). The molecule has 32 heavy (non-hydrogen) atoms. The summed E-state index contributed by atoms with van der Waals surface area (Å²) in [6, 6.07) is 26.1. The summed E-state index contributed by atoms with van der Waals surface area (Å²) in [5.41, 5.74) is 5.65. The highest BCUT2D eigenvalue weighted by atomic mass is 16.5. The van der Waals surface area contributed by atoms with Crippen molar-refractivity contribution >= 4 is 16.9 Å². The van der Waals surface area contributed by atoms with Crippen molar-refractivity contribution in [3.8, 4) is 5.75 Å². The summed E-state index contributed by atoms with van der Waals surface area (Å²) in [6.45, 7) is 0.631. The number of H-pyrrole nitrogens is 1. The molecular formula is C27H26N2O3. The molecule has 1 aromatic heterocycles. The average Bonchev–Trinajstić information content (AvgIpc) is 3.22. The molecule has 2 unspecified atom stereocenters. The van der Waals surface area contributed by atoms with E-state index in [-0.39, 0.29) is 18.1 Å². The Morgan fingerprint density at radius 3 is 2.41 bits per heavy atom. The van der Waals surface area contributed by atoms with Gasteiger partial charge in [0.1, 0.15) is 11.8 Å². The number of aromatic amines is 1. The van der Waals surface area contributed by atoms with Gasteiger partial charge in [0.15, 0.2) is 0 Å². The molecule has 0 bridgehead atoms. The van der Waals surface area contributed by atoms with Crippen LogP contribution in [0.1, 0.15) is 28.4 Å². The maximum atomic E-state index is 13.0. The van der Waals surface area contributed by atoms with Gasteiger partial charge in [-0.2, -0.15) is 0 Å². The quantitative estimate of drug-likeness (QED) is 0.463. The zero-order valence-electron chi connectivity index (χ0n) is 18.2. The Morgan fingerprint density at radius 1 is 0.969 bits per heavy atom. The van der Waals surface area contributed by atoms with Gasteiger partial charge < -0.3 is 14.5 Å². The Labute approximate surface area is 187 Å². The molecule has 4 aromatic rings. The predicted octanol–water partition coefficient (Wildman–Crippen LogP) is 4.87. The molecule has 5 heteroatoms. The molecule has 162 valence electrons. The van der Waals surface area contributed by atoms with Crippen LogP contribution in [0.25, 0.3) is 10.9 Å². The minimum absolute atomic E-state index is 0.124. The Morgan fingerprint density at radius 2 is 1.69 bits per heavy atom. The first-order valence-electron chi connectivity index (χ1n) is 10.8. The van der Waals surface area contributed by atoms with Crippen LogP contribution in [-0.2, 0) is 22.5 Å². The van der Waals surface area contributed by atoms with Crippen molar-refractivity contribution in [3.63, 3.8) is 0 Å². The lowest BCUT2D eigenvalue weighted by atomic mass is 9.87. The smallest absolute Gasteiger partial charge is 0.323 e. The Bertz CT molecular complexity index is 1230. The number of aromatic nitrogens is 1. The molecule has 5 nitrogen and oxygen atoms in total. The van der Waals surface area contributed by atoms with E-state index in [0.29, 0.717) is 13.0 Å². The lowest BCUT2D eigenvalue weighted by Crippen LogP contribution is -2.48. The molecule has 2 heterocycles. The van der Waals surface area contributed by atoms with Crippen LogP contribution >= 0.6 is 0 Å². The monoisotopic (exact) mass is 426 g/mol. The number of hydrogen-bond donors (Lipinski definition) is 1. The molecule has 3 aromatic carbocycles. The molecule has 1 N–H and O–H groups in total. The van der Waals surface area contributed by atoms with Crippen molar-refractivity contribution in [2.24, 2.45) is 0 Å². The molecule has 0 radical (unpaired) electrons. The lowest BCUT2D eigenvalue weighted by molar-refractivity contribution is -0.148. The van der Waals surface area contributed by atoms with Crippen LogP contribution in [0, 0.1) is 0 Å². The van der Waals surface area contributed by atoms with Gasteiger partial charge in [-0.15, -0.1) is 0 Å². The summed E-state index contributed by atoms with van der Waals surface area (Å²) in [5.74, 6) is 0.593. The fourth-order valence-corrected chi connectivity index (χ4v) is 4.83. The van der Waals surface area contributed by atoms with Gasteiger partial charge in [-0.25, -0.2) is 0 Å². The molecule has 1 aliphatic heterocycles. The lowest BCUT2D eigenvalue weighted by Gasteiger charge is -2.41. The Balaban J connectivity index is 1.70. The molecule has 0 aliphatic carbocycles. The minimum atomic E-state index is -0.390. The first-order valence-corrected chi connectivity index (χ1v) is 10.8. The largest absolute Gasteiger partial charge is 0.497 e. The van der Waals surface area contributed by atoms with Gasteiger partial charge in [0.05, 0.1) is 20.3 Å². The van der Waals surface area contributed by atoms with Crippen LogP contribution in [-0.4, -0.2) is 36.1 Å². The van der Waals surface area contributed by atoms with E-state index < -0.39 is 0 Å². The highest BCUT2D eigenvalue weighted by molar-refractivity contribution is 5.87. The van der Waals surface area contributed by atoms with E-state index in [1.807, 2.05) is 42.5 Å². The van der Waals surface area contributed by atoms with Crippen molar-refractivity contribution in [3.05, 3.63) is 101 Å². The summed E-state index contributed by atoms with van der Waals surface area (Å²) in [4.78, 5) is 18.9. The zero-order chi connectivity index (χ0) is 22.1.